The van der Waals surface area contributed by atoms with E-state index in [0.29, 0.717) is 23.9 Å². The maximum atomic E-state index is 8.87. The SMILES string of the molecule is C=C(CN)C(=N)N1CC(CCCO)CC1(C)C. The lowest BCUT2D eigenvalue weighted by Gasteiger charge is -2.34. The average molecular weight is 239 g/mol. The Balaban J connectivity index is 2.67. The van der Waals surface area contributed by atoms with E-state index in [1.807, 2.05) is 0 Å². The van der Waals surface area contributed by atoms with Crippen molar-refractivity contribution in [3.05, 3.63) is 12.2 Å². The van der Waals surface area contributed by atoms with Gasteiger partial charge in [0.25, 0.3) is 0 Å². The van der Waals surface area contributed by atoms with Gasteiger partial charge in [0.1, 0.15) is 5.84 Å². The summed E-state index contributed by atoms with van der Waals surface area (Å²) in [7, 11) is 0. The Morgan fingerprint density at radius 2 is 2.24 bits per heavy atom. The Morgan fingerprint density at radius 3 is 2.76 bits per heavy atom. The molecule has 17 heavy (non-hydrogen) atoms. The van der Waals surface area contributed by atoms with Gasteiger partial charge in [-0.15, -0.1) is 0 Å². The fourth-order valence-electron chi connectivity index (χ4n) is 2.64. The molecule has 0 aromatic rings. The number of aliphatic hydroxyl groups excluding tert-OH is 1. The van der Waals surface area contributed by atoms with Gasteiger partial charge in [0.05, 0.1) is 0 Å². The Hall–Kier alpha value is -0.870. The van der Waals surface area contributed by atoms with Crippen molar-refractivity contribution in [3.63, 3.8) is 0 Å². The number of nitrogens with one attached hydrogen (secondary N) is 1. The number of hydrogen-bond donors (Lipinski definition) is 3. The average Bonchev–Trinajstić information content (AvgIpc) is 2.59. The van der Waals surface area contributed by atoms with E-state index in [1.54, 1.807) is 0 Å². The highest BCUT2D eigenvalue weighted by Crippen LogP contribution is 2.35. The zero-order valence-corrected chi connectivity index (χ0v) is 11.0. The van der Waals surface area contributed by atoms with Gasteiger partial charge in [-0.3, -0.25) is 5.41 Å². The summed E-state index contributed by atoms with van der Waals surface area (Å²) in [5.74, 6) is 1.03. The summed E-state index contributed by atoms with van der Waals surface area (Å²) in [6.07, 6.45) is 2.94. The van der Waals surface area contributed by atoms with E-state index in [9.17, 15) is 0 Å². The number of aliphatic hydroxyl groups is 1. The molecule has 4 N–H and O–H groups in total. The fourth-order valence-corrected chi connectivity index (χ4v) is 2.64. The van der Waals surface area contributed by atoms with E-state index in [-0.39, 0.29) is 12.1 Å². The van der Waals surface area contributed by atoms with E-state index in [0.717, 1.165) is 25.8 Å². The molecule has 1 atom stereocenters. The van der Waals surface area contributed by atoms with Gasteiger partial charge in [-0.25, -0.2) is 0 Å². The first-order valence-electron chi connectivity index (χ1n) is 6.27. The zero-order valence-electron chi connectivity index (χ0n) is 11.0. The van der Waals surface area contributed by atoms with Crippen molar-refractivity contribution in [1.82, 2.24) is 4.90 Å². The highest BCUT2D eigenvalue weighted by atomic mass is 16.2. The van der Waals surface area contributed by atoms with Crippen molar-refractivity contribution in [2.24, 2.45) is 11.7 Å². The highest BCUT2D eigenvalue weighted by molar-refractivity contribution is 5.96. The van der Waals surface area contributed by atoms with Crippen molar-refractivity contribution in [1.29, 1.82) is 5.41 Å². The van der Waals surface area contributed by atoms with Crippen LogP contribution in [0.1, 0.15) is 33.1 Å². The quantitative estimate of drug-likeness (QED) is 0.501. The van der Waals surface area contributed by atoms with Gasteiger partial charge in [-0.2, -0.15) is 0 Å². The molecule has 4 heteroatoms. The van der Waals surface area contributed by atoms with Gasteiger partial charge in [0.2, 0.25) is 0 Å². The first-order chi connectivity index (χ1) is 7.92. The molecule has 0 amide bonds. The molecule has 0 bridgehead atoms. The molecule has 0 radical (unpaired) electrons. The second-order valence-electron chi connectivity index (χ2n) is 5.52. The third-order valence-electron chi connectivity index (χ3n) is 3.58. The Bertz CT molecular complexity index is 299. The molecule has 1 unspecified atom stereocenters. The summed E-state index contributed by atoms with van der Waals surface area (Å²) in [6.45, 7) is 9.63. The zero-order chi connectivity index (χ0) is 13.1. The number of amidine groups is 1. The number of nitrogens with two attached hydrogens (primary N) is 1. The minimum absolute atomic E-state index is 0.00465. The van der Waals surface area contributed by atoms with Crippen LogP contribution in [0.2, 0.25) is 0 Å². The molecule has 0 aliphatic carbocycles. The van der Waals surface area contributed by atoms with Gasteiger partial charge in [0, 0.05) is 30.8 Å². The summed E-state index contributed by atoms with van der Waals surface area (Å²) >= 11 is 0. The summed E-state index contributed by atoms with van der Waals surface area (Å²) < 4.78 is 0. The minimum atomic E-state index is -0.00465. The van der Waals surface area contributed by atoms with Gasteiger partial charge in [-0.05, 0) is 39.0 Å². The third kappa shape index (κ3) is 3.30. The van der Waals surface area contributed by atoms with Gasteiger partial charge in [0.15, 0.2) is 0 Å². The van der Waals surface area contributed by atoms with E-state index >= 15 is 0 Å². The Kier molecular flexibility index (Phi) is 4.71. The normalized spacial score (nSPS) is 22.8. The molecule has 0 aromatic carbocycles. The van der Waals surface area contributed by atoms with Crippen LogP contribution in [-0.4, -0.2) is 41.1 Å². The smallest absolute Gasteiger partial charge is 0.125 e. The lowest BCUT2D eigenvalue weighted by atomic mass is 9.93. The molecule has 98 valence electrons. The molecule has 1 aliphatic rings. The molecule has 0 aromatic heterocycles. The summed E-state index contributed by atoms with van der Waals surface area (Å²) in [5, 5.41) is 17.0. The highest BCUT2D eigenvalue weighted by Gasteiger charge is 2.39. The number of likely N-dealkylation sites (tertiary alicyclic amines) is 1. The summed E-state index contributed by atoms with van der Waals surface area (Å²) in [6, 6.07) is 0. The van der Waals surface area contributed by atoms with Crippen LogP contribution in [0.5, 0.6) is 0 Å². The van der Waals surface area contributed by atoms with Crippen molar-refractivity contribution in [2.75, 3.05) is 19.7 Å². The van der Waals surface area contributed by atoms with Crippen LogP contribution >= 0.6 is 0 Å². The molecule has 1 fully saturated rings. The molecule has 1 aliphatic heterocycles. The molecule has 0 spiro atoms. The standard InChI is InChI=1S/C13H25N3O/c1-10(8-14)12(15)16-9-11(5-4-6-17)7-13(16,2)3/h11,15,17H,1,4-9,14H2,2-3H3. The van der Waals surface area contributed by atoms with Gasteiger partial charge < -0.3 is 15.7 Å². The summed E-state index contributed by atoms with van der Waals surface area (Å²) in [4.78, 5) is 2.10. The summed E-state index contributed by atoms with van der Waals surface area (Å²) in [5.41, 5.74) is 6.23. The van der Waals surface area contributed by atoms with Crippen molar-refractivity contribution >= 4 is 5.84 Å². The largest absolute Gasteiger partial charge is 0.396 e. The van der Waals surface area contributed by atoms with E-state index in [4.69, 9.17) is 16.2 Å². The maximum Gasteiger partial charge on any atom is 0.125 e. The van der Waals surface area contributed by atoms with Crippen LogP contribution in [-0.2, 0) is 0 Å². The van der Waals surface area contributed by atoms with Crippen LogP contribution in [0.3, 0.4) is 0 Å². The first kappa shape index (κ1) is 14.2. The number of hydrogen-bond acceptors (Lipinski definition) is 3. The van der Waals surface area contributed by atoms with Crippen LogP contribution in [0.4, 0.5) is 0 Å². The maximum absolute atomic E-state index is 8.87. The number of nitrogens with zero attached hydrogens (tertiary/aromatic N) is 1. The second kappa shape index (κ2) is 5.65. The topological polar surface area (TPSA) is 73.3 Å². The fraction of sp³-hybridized carbons (Fsp3) is 0.769. The Morgan fingerprint density at radius 1 is 1.59 bits per heavy atom. The molecular weight excluding hydrogens is 214 g/mol. The van der Waals surface area contributed by atoms with Crippen LogP contribution < -0.4 is 5.73 Å². The predicted octanol–water partition coefficient (Wildman–Crippen LogP) is 1.35. The number of rotatable bonds is 5. The lowest BCUT2D eigenvalue weighted by molar-refractivity contribution is 0.272. The van der Waals surface area contributed by atoms with Crippen LogP contribution in [0.15, 0.2) is 12.2 Å². The molecule has 1 saturated heterocycles. The van der Waals surface area contributed by atoms with Crippen LogP contribution in [0, 0.1) is 11.3 Å². The van der Waals surface area contributed by atoms with Gasteiger partial charge >= 0.3 is 0 Å². The van der Waals surface area contributed by atoms with Crippen molar-refractivity contribution in [3.8, 4) is 0 Å². The third-order valence-corrected chi connectivity index (χ3v) is 3.58. The van der Waals surface area contributed by atoms with Gasteiger partial charge in [-0.1, -0.05) is 6.58 Å². The van der Waals surface area contributed by atoms with E-state index < -0.39 is 0 Å². The van der Waals surface area contributed by atoms with E-state index in [2.05, 4.69) is 25.3 Å². The van der Waals surface area contributed by atoms with Crippen molar-refractivity contribution < 1.29 is 5.11 Å². The Labute approximate surface area is 104 Å². The monoisotopic (exact) mass is 239 g/mol. The lowest BCUT2D eigenvalue weighted by Crippen LogP contribution is -2.43. The minimum Gasteiger partial charge on any atom is -0.396 e. The molecule has 1 rings (SSSR count). The second-order valence-corrected chi connectivity index (χ2v) is 5.52. The first-order valence-corrected chi connectivity index (χ1v) is 6.27. The van der Waals surface area contributed by atoms with Crippen LogP contribution in [0.25, 0.3) is 0 Å². The van der Waals surface area contributed by atoms with Crippen molar-refractivity contribution in [2.45, 2.75) is 38.6 Å². The molecule has 4 nitrogen and oxygen atoms in total. The molecule has 1 heterocycles. The predicted molar refractivity (Wildman–Crippen MR) is 71.1 cm³/mol. The van der Waals surface area contributed by atoms with E-state index in [1.165, 1.54) is 0 Å². The molecular formula is C13H25N3O. The molecule has 0 saturated carbocycles.